The Hall–Kier alpha value is -2.03. The van der Waals surface area contributed by atoms with Crippen molar-refractivity contribution in [1.29, 1.82) is 0 Å². The fourth-order valence-electron chi connectivity index (χ4n) is 1.71. The van der Waals surface area contributed by atoms with Crippen LogP contribution >= 0.6 is 0 Å². The second-order valence-corrected chi connectivity index (χ2v) is 3.89. The number of aryl methyl sites for hydroxylation is 1. The zero-order valence-electron chi connectivity index (χ0n) is 9.16. The summed E-state index contributed by atoms with van der Waals surface area (Å²) in [7, 11) is 0. The first kappa shape index (κ1) is 10.5. The van der Waals surface area contributed by atoms with Crippen molar-refractivity contribution in [3.63, 3.8) is 0 Å². The van der Waals surface area contributed by atoms with Gasteiger partial charge in [-0.15, -0.1) is 0 Å². The topological polar surface area (TPSA) is 58.9 Å². The predicted octanol–water partition coefficient (Wildman–Crippen LogP) is 2.01. The maximum Gasteiger partial charge on any atom is 0.265 e. The minimum Gasteiger partial charge on any atom is -0.364 e. The quantitative estimate of drug-likeness (QED) is 0.806. The second kappa shape index (κ2) is 4.23. The van der Waals surface area contributed by atoms with Gasteiger partial charge in [-0.1, -0.05) is 24.3 Å². The summed E-state index contributed by atoms with van der Waals surface area (Å²) in [6.45, 7) is 2.08. The molecule has 3 heteroatoms. The Kier molecular flexibility index (Phi) is 2.77. The molecule has 0 fully saturated rings. The number of hydrogen-bond donors (Lipinski definition) is 2. The minimum atomic E-state index is -0.420. The number of aromatic amines is 1. The Morgan fingerprint density at radius 3 is 2.75 bits per heavy atom. The summed E-state index contributed by atoms with van der Waals surface area (Å²) in [5, 5.41) is 0. The van der Waals surface area contributed by atoms with Gasteiger partial charge >= 0.3 is 0 Å². The fourth-order valence-corrected chi connectivity index (χ4v) is 1.71. The summed E-state index contributed by atoms with van der Waals surface area (Å²) in [4.78, 5) is 13.8. The van der Waals surface area contributed by atoms with Gasteiger partial charge in [-0.05, 0) is 36.1 Å². The van der Waals surface area contributed by atoms with Gasteiger partial charge < -0.3 is 10.7 Å². The summed E-state index contributed by atoms with van der Waals surface area (Å²) in [5.74, 6) is -0.420. The number of H-pyrrole nitrogens is 1. The van der Waals surface area contributed by atoms with E-state index in [9.17, 15) is 4.79 Å². The Morgan fingerprint density at radius 1 is 1.38 bits per heavy atom. The van der Waals surface area contributed by atoms with E-state index in [4.69, 9.17) is 5.73 Å². The van der Waals surface area contributed by atoms with Crippen LogP contribution < -0.4 is 5.73 Å². The van der Waals surface area contributed by atoms with Crippen molar-refractivity contribution in [3.05, 3.63) is 58.9 Å². The molecule has 3 N–H and O–H groups in total. The van der Waals surface area contributed by atoms with E-state index in [0.717, 1.165) is 12.0 Å². The first-order valence-electron chi connectivity index (χ1n) is 5.18. The van der Waals surface area contributed by atoms with Crippen LogP contribution in [0.2, 0.25) is 0 Å². The average Bonchev–Trinajstić information content (AvgIpc) is 2.70. The summed E-state index contributed by atoms with van der Waals surface area (Å²) < 4.78 is 0. The van der Waals surface area contributed by atoms with Gasteiger partial charge in [0.15, 0.2) is 0 Å². The molecule has 1 aromatic carbocycles. The van der Waals surface area contributed by atoms with Crippen LogP contribution in [0.3, 0.4) is 0 Å². The van der Waals surface area contributed by atoms with Crippen molar-refractivity contribution in [2.75, 3.05) is 0 Å². The Labute approximate surface area is 94.3 Å². The third-order valence-corrected chi connectivity index (χ3v) is 2.66. The van der Waals surface area contributed by atoms with Crippen molar-refractivity contribution < 1.29 is 4.79 Å². The number of carbonyl (C=O) groups is 1. The van der Waals surface area contributed by atoms with Crippen LogP contribution in [-0.2, 0) is 6.42 Å². The van der Waals surface area contributed by atoms with E-state index in [-0.39, 0.29) is 0 Å². The average molecular weight is 214 g/mol. The molecule has 82 valence electrons. The van der Waals surface area contributed by atoms with Gasteiger partial charge in [0.05, 0.1) is 0 Å². The molecule has 1 aromatic heterocycles. The van der Waals surface area contributed by atoms with Crippen LogP contribution in [0.1, 0.15) is 27.2 Å². The third kappa shape index (κ3) is 2.14. The Balaban J connectivity index is 2.21. The minimum absolute atomic E-state index is 0.420. The van der Waals surface area contributed by atoms with Gasteiger partial charge in [-0.25, -0.2) is 0 Å². The van der Waals surface area contributed by atoms with E-state index in [0.29, 0.717) is 5.69 Å². The smallest absolute Gasteiger partial charge is 0.265 e. The highest BCUT2D eigenvalue weighted by Crippen LogP contribution is 2.14. The van der Waals surface area contributed by atoms with Crippen LogP contribution in [0.25, 0.3) is 0 Å². The molecule has 0 atom stereocenters. The van der Waals surface area contributed by atoms with Crippen LogP contribution in [0, 0.1) is 6.92 Å². The second-order valence-electron chi connectivity index (χ2n) is 3.89. The maximum atomic E-state index is 10.9. The molecular formula is C13H14N2O. The zero-order chi connectivity index (χ0) is 11.5. The van der Waals surface area contributed by atoms with Crippen LogP contribution in [0.4, 0.5) is 0 Å². The number of aromatic nitrogens is 1. The number of nitrogens with two attached hydrogens (primary N) is 1. The van der Waals surface area contributed by atoms with E-state index in [1.54, 1.807) is 6.07 Å². The van der Waals surface area contributed by atoms with Gasteiger partial charge in [0.1, 0.15) is 5.69 Å². The standard InChI is InChI=1S/C13H14N2O/c1-9-4-2-3-5-11(9)6-10-7-12(13(14)16)15-8-10/h2-5,7-8,15H,6H2,1H3,(H2,14,16). The van der Waals surface area contributed by atoms with Crippen molar-refractivity contribution in [2.24, 2.45) is 5.73 Å². The molecule has 1 amide bonds. The fraction of sp³-hybridized carbons (Fsp3) is 0.154. The van der Waals surface area contributed by atoms with Gasteiger partial charge in [-0.3, -0.25) is 4.79 Å². The lowest BCUT2D eigenvalue weighted by Crippen LogP contribution is -2.10. The molecule has 0 radical (unpaired) electrons. The molecule has 0 aliphatic rings. The molecule has 3 nitrogen and oxygen atoms in total. The molecular weight excluding hydrogens is 200 g/mol. The SMILES string of the molecule is Cc1ccccc1Cc1c[nH]c(C(N)=O)c1. The number of amides is 1. The summed E-state index contributed by atoms with van der Waals surface area (Å²) in [5.41, 5.74) is 9.23. The van der Waals surface area contributed by atoms with Crippen molar-refractivity contribution >= 4 is 5.91 Å². The van der Waals surface area contributed by atoms with Crippen LogP contribution in [0.15, 0.2) is 36.5 Å². The molecule has 0 aliphatic carbocycles. The van der Waals surface area contributed by atoms with E-state index in [1.807, 2.05) is 18.3 Å². The molecule has 0 saturated carbocycles. The number of carbonyl (C=O) groups excluding carboxylic acids is 1. The van der Waals surface area contributed by atoms with E-state index >= 15 is 0 Å². The Morgan fingerprint density at radius 2 is 2.12 bits per heavy atom. The van der Waals surface area contributed by atoms with E-state index in [1.165, 1.54) is 11.1 Å². The summed E-state index contributed by atoms with van der Waals surface area (Å²) in [6.07, 6.45) is 2.64. The van der Waals surface area contributed by atoms with Crippen LogP contribution in [-0.4, -0.2) is 10.9 Å². The number of rotatable bonds is 3. The highest BCUT2D eigenvalue weighted by molar-refractivity contribution is 5.91. The van der Waals surface area contributed by atoms with Crippen molar-refractivity contribution in [1.82, 2.24) is 4.98 Å². The molecule has 0 spiro atoms. The zero-order valence-corrected chi connectivity index (χ0v) is 9.16. The van der Waals surface area contributed by atoms with E-state index in [2.05, 4.69) is 24.0 Å². The highest BCUT2D eigenvalue weighted by Gasteiger charge is 2.05. The van der Waals surface area contributed by atoms with Crippen molar-refractivity contribution in [3.8, 4) is 0 Å². The summed E-state index contributed by atoms with van der Waals surface area (Å²) >= 11 is 0. The number of primary amides is 1. The maximum absolute atomic E-state index is 10.9. The lowest BCUT2D eigenvalue weighted by Gasteiger charge is -2.02. The normalized spacial score (nSPS) is 10.3. The van der Waals surface area contributed by atoms with E-state index < -0.39 is 5.91 Å². The largest absolute Gasteiger partial charge is 0.364 e. The Bertz CT molecular complexity index is 514. The molecule has 0 saturated heterocycles. The van der Waals surface area contributed by atoms with Gasteiger partial charge in [0.25, 0.3) is 5.91 Å². The molecule has 0 bridgehead atoms. The molecule has 0 unspecified atom stereocenters. The molecule has 2 aromatic rings. The van der Waals surface area contributed by atoms with Crippen LogP contribution in [0.5, 0.6) is 0 Å². The highest BCUT2D eigenvalue weighted by atomic mass is 16.1. The van der Waals surface area contributed by atoms with Gasteiger partial charge in [0, 0.05) is 6.20 Å². The predicted molar refractivity (Wildman–Crippen MR) is 63.3 cm³/mol. The monoisotopic (exact) mass is 214 g/mol. The number of benzene rings is 1. The third-order valence-electron chi connectivity index (χ3n) is 2.66. The first-order chi connectivity index (χ1) is 7.66. The molecule has 2 rings (SSSR count). The lowest BCUT2D eigenvalue weighted by atomic mass is 10.0. The summed E-state index contributed by atoms with van der Waals surface area (Å²) in [6, 6.07) is 10.0. The molecule has 16 heavy (non-hydrogen) atoms. The molecule has 1 heterocycles. The van der Waals surface area contributed by atoms with Gasteiger partial charge in [0.2, 0.25) is 0 Å². The number of hydrogen-bond acceptors (Lipinski definition) is 1. The van der Waals surface area contributed by atoms with Crippen molar-refractivity contribution in [2.45, 2.75) is 13.3 Å². The first-order valence-corrected chi connectivity index (χ1v) is 5.18. The molecule has 0 aliphatic heterocycles. The van der Waals surface area contributed by atoms with Gasteiger partial charge in [-0.2, -0.15) is 0 Å². The lowest BCUT2D eigenvalue weighted by molar-refractivity contribution is 0.0996. The number of nitrogens with one attached hydrogen (secondary N) is 1.